The summed E-state index contributed by atoms with van der Waals surface area (Å²) in [6, 6.07) is 12.2. The fraction of sp³-hybridized carbons (Fsp3) is 0.125. The van der Waals surface area contributed by atoms with Crippen LogP contribution in [0.5, 0.6) is 0 Å². The van der Waals surface area contributed by atoms with E-state index >= 15 is 0 Å². The zero-order valence-corrected chi connectivity index (χ0v) is 12.2. The number of aromatic nitrogens is 2. The van der Waals surface area contributed by atoms with Crippen molar-refractivity contribution in [3.8, 4) is 0 Å². The Morgan fingerprint density at radius 3 is 2.70 bits per heavy atom. The third-order valence-corrected chi connectivity index (χ3v) is 4.35. The summed E-state index contributed by atoms with van der Waals surface area (Å²) in [7, 11) is 0. The van der Waals surface area contributed by atoms with Gasteiger partial charge in [-0.1, -0.05) is 23.9 Å². The molecule has 0 saturated heterocycles. The van der Waals surface area contributed by atoms with Crippen molar-refractivity contribution in [1.29, 1.82) is 0 Å². The fourth-order valence-electron chi connectivity index (χ4n) is 2.05. The lowest BCUT2D eigenvalue weighted by atomic mass is 10.2. The molecule has 0 fully saturated rings. The standard InChI is InChI=1S/C16H15N3S/c1-10-3-4-11(2)15(7-10)20-16-13-8-12(17)5-6-14(13)18-9-19-16/h3-9H,17H2,1-2H3. The van der Waals surface area contributed by atoms with Crippen LogP contribution >= 0.6 is 11.8 Å². The first-order chi connectivity index (χ1) is 9.63. The monoisotopic (exact) mass is 281 g/mol. The third kappa shape index (κ3) is 2.47. The molecule has 2 N–H and O–H groups in total. The Morgan fingerprint density at radius 1 is 1.00 bits per heavy atom. The Morgan fingerprint density at radius 2 is 1.85 bits per heavy atom. The smallest absolute Gasteiger partial charge is 0.117 e. The van der Waals surface area contributed by atoms with Crippen LogP contribution in [0.2, 0.25) is 0 Å². The first kappa shape index (κ1) is 12.9. The van der Waals surface area contributed by atoms with E-state index in [0.29, 0.717) is 0 Å². The van der Waals surface area contributed by atoms with E-state index in [4.69, 9.17) is 5.73 Å². The molecule has 1 aromatic heterocycles. The van der Waals surface area contributed by atoms with Crippen LogP contribution in [0.25, 0.3) is 10.9 Å². The van der Waals surface area contributed by atoms with Crippen molar-refractivity contribution in [2.75, 3.05) is 5.73 Å². The maximum absolute atomic E-state index is 5.88. The van der Waals surface area contributed by atoms with Gasteiger partial charge in [-0.15, -0.1) is 0 Å². The van der Waals surface area contributed by atoms with Gasteiger partial charge in [0.05, 0.1) is 5.52 Å². The molecule has 3 nitrogen and oxygen atoms in total. The topological polar surface area (TPSA) is 51.8 Å². The van der Waals surface area contributed by atoms with Gasteiger partial charge in [-0.3, -0.25) is 0 Å². The number of nitrogens with zero attached hydrogens (tertiary/aromatic N) is 2. The molecule has 0 spiro atoms. The lowest BCUT2D eigenvalue weighted by molar-refractivity contribution is 1.10. The molecule has 0 saturated carbocycles. The SMILES string of the molecule is Cc1ccc(C)c(Sc2ncnc3ccc(N)cc23)c1. The number of hydrogen-bond acceptors (Lipinski definition) is 4. The van der Waals surface area contributed by atoms with Crippen molar-refractivity contribution in [2.45, 2.75) is 23.8 Å². The molecule has 0 atom stereocenters. The van der Waals surface area contributed by atoms with Gasteiger partial charge in [-0.2, -0.15) is 0 Å². The Balaban J connectivity index is 2.10. The Labute approximate surface area is 122 Å². The fourth-order valence-corrected chi connectivity index (χ4v) is 3.11. The normalized spacial score (nSPS) is 10.9. The highest BCUT2D eigenvalue weighted by Crippen LogP contribution is 2.34. The molecule has 20 heavy (non-hydrogen) atoms. The molecule has 0 amide bonds. The first-order valence-corrected chi connectivity index (χ1v) is 7.20. The maximum Gasteiger partial charge on any atom is 0.117 e. The molecule has 100 valence electrons. The molecule has 2 aromatic carbocycles. The van der Waals surface area contributed by atoms with Gasteiger partial charge < -0.3 is 5.73 Å². The van der Waals surface area contributed by atoms with Crippen LogP contribution in [0.15, 0.2) is 52.6 Å². The number of benzene rings is 2. The lowest BCUT2D eigenvalue weighted by Gasteiger charge is -2.08. The number of nitrogens with two attached hydrogens (primary N) is 1. The van der Waals surface area contributed by atoms with Crippen molar-refractivity contribution in [1.82, 2.24) is 9.97 Å². The van der Waals surface area contributed by atoms with E-state index in [1.165, 1.54) is 16.0 Å². The minimum absolute atomic E-state index is 0.732. The van der Waals surface area contributed by atoms with E-state index in [-0.39, 0.29) is 0 Å². The number of rotatable bonds is 2. The molecule has 0 aliphatic carbocycles. The number of anilines is 1. The highest BCUT2D eigenvalue weighted by Gasteiger charge is 2.08. The predicted octanol–water partition coefficient (Wildman–Crippen LogP) is 3.98. The zero-order chi connectivity index (χ0) is 14.1. The van der Waals surface area contributed by atoms with Crippen LogP contribution in [0, 0.1) is 13.8 Å². The molecule has 0 unspecified atom stereocenters. The summed E-state index contributed by atoms with van der Waals surface area (Å²) in [5, 5.41) is 1.94. The van der Waals surface area contributed by atoms with E-state index in [1.807, 2.05) is 18.2 Å². The number of nitrogen functional groups attached to an aromatic ring is 1. The number of fused-ring (bicyclic) bond motifs is 1. The quantitative estimate of drug-likeness (QED) is 0.570. The van der Waals surface area contributed by atoms with Crippen LogP contribution in [0.4, 0.5) is 5.69 Å². The van der Waals surface area contributed by atoms with Crippen molar-refractivity contribution in [3.05, 3.63) is 53.9 Å². The summed E-state index contributed by atoms with van der Waals surface area (Å²) >= 11 is 1.66. The largest absolute Gasteiger partial charge is 0.399 e. The van der Waals surface area contributed by atoms with E-state index in [2.05, 4.69) is 42.0 Å². The summed E-state index contributed by atoms with van der Waals surface area (Å²) in [6.45, 7) is 4.21. The van der Waals surface area contributed by atoms with Crippen LogP contribution in [0.1, 0.15) is 11.1 Å². The van der Waals surface area contributed by atoms with E-state index in [0.717, 1.165) is 21.6 Å². The van der Waals surface area contributed by atoms with Gasteiger partial charge in [0.15, 0.2) is 0 Å². The van der Waals surface area contributed by atoms with Gasteiger partial charge in [0.25, 0.3) is 0 Å². The number of hydrogen-bond donors (Lipinski definition) is 1. The molecular formula is C16H15N3S. The molecule has 0 radical (unpaired) electrons. The van der Waals surface area contributed by atoms with Crippen molar-refractivity contribution < 1.29 is 0 Å². The molecular weight excluding hydrogens is 266 g/mol. The van der Waals surface area contributed by atoms with E-state index in [9.17, 15) is 0 Å². The average Bonchev–Trinajstić information content (AvgIpc) is 2.43. The van der Waals surface area contributed by atoms with E-state index in [1.54, 1.807) is 18.1 Å². The zero-order valence-electron chi connectivity index (χ0n) is 11.4. The highest BCUT2D eigenvalue weighted by atomic mass is 32.2. The molecule has 1 heterocycles. The Hall–Kier alpha value is -2.07. The Kier molecular flexibility index (Phi) is 3.32. The number of aryl methyl sites for hydroxylation is 2. The molecule has 0 aliphatic heterocycles. The van der Waals surface area contributed by atoms with Gasteiger partial charge in [-0.05, 0) is 49.2 Å². The van der Waals surface area contributed by atoms with Crippen LogP contribution < -0.4 is 5.73 Å². The van der Waals surface area contributed by atoms with Gasteiger partial charge in [0, 0.05) is 16.0 Å². The second-order valence-electron chi connectivity index (χ2n) is 4.83. The predicted molar refractivity (Wildman–Crippen MR) is 84.0 cm³/mol. The van der Waals surface area contributed by atoms with Gasteiger partial charge in [0.1, 0.15) is 11.4 Å². The Bertz CT molecular complexity index is 784. The summed E-state index contributed by atoms with van der Waals surface area (Å²) in [5.41, 5.74) is 10.0. The van der Waals surface area contributed by atoms with Gasteiger partial charge in [-0.25, -0.2) is 9.97 Å². The second kappa shape index (κ2) is 5.13. The lowest BCUT2D eigenvalue weighted by Crippen LogP contribution is -1.91. The molecule has 3 rings (SSSR count). The minimum atomic E-state index is 0.732. The van der Waals surface area contributed by atoms with Crippen LogP contribution in [-0.4, -0.2) is 9.97 Å². The molecule has 3 aromatic rings. The molecule has 0 aliphatic rings. The van der Waals surface area contributed by atoms with Gasteiger partial charge >= 0.3 is 0 Å². The average molecular weight is 281 g/mol. The maximum atomic E-state index is 5.88. The van der Waals surface area contributed by atoms with Crippen LogP contribution in [0.3, 0.4) is 0 Å². The van der Waals surface area contributed by atoms with Gasteiger partial charge in [0.2, 0.25) is 0 Å². The summed E-state index contributed by atoms with van der Waals surface area (Å²) in [5.74, 6) is 0. The van der Waals surface area contributed by atoms with Crippen molar-refractivity contribution in [2.24, 2.45) is 0 Å². The van der Waals surface area contributed by atoms with Crippen molar-refractivity contribution in [3.63, 3.8) is 0 Å². The third-order valence-electron chi connectivity index (χ3n) is 3.17. The van der Waals surface area contributed by atoms with Crippen LogP contribution in [-0.2, 0) is 0 Å². The first-order valence-electron chi connectivity index (χ1n) is 6.39. The highest BCUT2D eigenvalue weighted by molar-refractivity contribution is 7.99. The van der Waals surface area contributed by atoms with Crippen molar-refractivity contribution >= 4 is 28.4 Å². The summed E-state index contributed by atoms with van der Waals surface area (Å²) < 4.78 is 0. The second-order valence-corrected chi connectivity index (χ2v) is 5.86. The summed E-state index contributed by atoms with van der Waals surface area (Å²) in [6.07, 6.45) is 1.60. The summed E-state index contributed by atoms with van der Waals surface area (Å²) in [4.78, 5) is 9.91. The molecule has 4 heteroatoms. The molecule has 0 bridgehead atoms. The minimum Gasteiger partial charge on any atom is -0.399 e. The van der Waals surface area contributed by atoms with E-state index < -0.39 is 0 Å².